The van der Waals surface area contributed by atoms with Crippen molar-refractivity contribution in [2.45, 2.75) is 6.61 Å². The molecule has 0 saturated carbocycles. The number of nitrogens with zero attached hydrogens (tertiary/aromatic N) is 2. The fraction of sp³-hybridized carbons (Fsp3) is 0.333. The minimum atomic E-state index is -2.54. The van der Waals surface area contributed by atoms with Gasteiger partial charge in [0.2, 0.25) is 0 Å². The zero-order valence-electron chi connectivity index (χ0n) is 4.89. The largest absolute Gasteiger partial charge is 0.695 e. The maximum absolute atomic E-state index is 9.96. The van der Waals surface area contributed by atoms with Crippen LogP contribution < -0.4 is 0 Å². The summed E-state index contributed by atoms with van der Waals surface area (Å²) in [6.07, 6.45) is 1.29. The van der Waals surface area contributed by atoms with Gasteiger partial charge in [0.25, 0.3) is 0 Å². The molecule has 0 saturated heterocycles. The van der Waals surface area contributed by atoms with E-state index in [0.29, 0.717) is 5.82 Å². The summed E-state index contributed by atoms with van der Waals surface area (Å²) in [6, 6.07) is 0. The van der Waals surface area contributed by atoms with E-state index in [0.717, 1.165) is 0 Å². The van der Waals surface area contributed by atoms with E-state index in [1.165, 1.54) is 6.33 Å². The third-order valence-electron chi connectivity index (χ3n) is 0.777. The van der Waals surface area contributed by atoms with Crippen molar-refractivity contribution in [1.29, 1.82) is 0 Å². The Labute approximate surface area is 57.2 Å². The van der Waals surface area contributed by atoms with Gasteiger partial charge in [0.1, 0.15) is 6.33 Å². The highest BCUT2D eigenvalue weighted by atomic mass is 31.1. The van der Waals surface area contributed by atoms with Crippen LogP contribution in [0.25, 0.3) is 0 Å². The summed E-state index contributed by atoms with van der Waals surface area (Å²) in [7, 11) is -2.54. The van der Waals surface area contributed by atoms with E-state index in [2.05, 4.69) is 19.7 Å². The third kappa shape index (κ3) is 2.18. The number of H-pyrrole nitrogens is 1. The van der Waals surface area contributed by atoms with Crippen LogP contribution in [0.2, 0.25) is 0 Å². The average molecular weight is 162 g/mol. The molecule has 0 aliphatic carbocycles. The zero-order chi connectivity index (χ0) is 7.40. The number of aromatic amines is 1. The van der Waals surface area contributed by atoms with Crippen molar-refractivity contribution in [2.75, 3.05) is 0 Å². The minimum Gasteiger partial charge on any atom is -0.261 e. The van der Waals surface area contributed by atoms with Gasteiger partial charge in [-0.2, -0.15) is 5.10 Å². The topological polar surface area (TPSA) is 88.1 Å². The van der Waals surface area contributed by atoms with Gasteiger partial charge in [-0.05, 0) is 0 Å². The monoisotopic (exact) mass is 162 g/mol. The first-order chi connectivity index (χ1) is 4.79. The van der Waals surface area contributed by atoms with E-state index >= 15 is 0 Å². The molecule has 0 aromatic carbocycles. The molecule has 1 unspecified atom stereocenters. The first kappa shape index (κ1) is 7.27. The molecule has 1 aromatic rings. The summed E-state index contributed by atoms with van der Waals surface area (Å²) in [5.41, 5.74) is 0. The van der Waals surface area contributed by atoms with Crippen LogP contribution in [0.1, 0.15) is 5.82 Å². The summed E-state index contributed by atoms with van der Waals surface area (Å²) in [5.74, 6) is 0.428. The summed E-state index contributed by atoms with van der Waals surface area (Å²) in [4.78, 5) is 11.8. The molecular weight excluding hydrogens is 157 g/mol. The second-order valence-corrected chi connectivity index (χ2v) is 2.18. The van der Waals surface area contributed by atoms with Gasteiger partial charge in [0.05, 0.1) is 0 Å². The second kappa shape index (κ2) is 3.36. The fourth-order valence-electron chi connectivity index (χ4n) is 0.417. The molecule has 0 aliphatic rings. The molecule has 1 atom stereocenters. The van der Waals surface area contributed by atoms with E-state index in [-0.39, 0.29) is 6.61 Å². The number of hydrogen-bond acceptors (Lipinski definition) is 4. The molecule has 7 heteroatoms. The van der Waals surface area contributed by atoms with Gasteiger partial charge in [-0.3, -0.25) is 5.10 Å². The molecule has 1 heterocycles. The van der Waals surface area contributed by atoms with E-state index < -0.39 is 8.25 Å². The van der Waals surface area contributed by atoms with Crippen molar-refractivity contribution < 1.29 is 14.0 Å². The molecule has 10 heavy (non-hydrogen) atoms. The van der Waals surface area contributed by atoms with Gasteiger partial charge in [0, 0.05) is 4.57 Å². The first-order valence-corrected chi connectivity index (χ1v) is 3.55. The lowest BCUT2D eigenvalue weighted by atomic mass is 10.7. The molecule has 0 radical (unpaired) electrons. The lowest BCUT2D eigenvalue weighted by Crippen LogP contribution is -1.87. The van der Waals surface area contributed by atoms with Gasteiger partial charge in [-0.15, -0.1) is 9.42 Å². The van der Waals surface area contributed by atoms with Crippen LogP contribution in [0.15, 0.2) is 6.33 Å². The maximum Gasteiger partial charge on any atom is 0.695 e. The Kier molecular flexibility index (Phi) is 2.44. The fourth-order valence-corrected chi connectivity index (χ4v) is 0.649. The van der Waals surface area contributed by atoms with Crippen molar-refractivity contribution in [3.63, 3.8) is 0 Å². The Hall–Kier alpha value is -0.840. The predicted octanol–water partition coefficient (Wildman–Crippen LogP) is -0.0290. The molecule has 0 bridgehead atoms. The molecule has 1 aromatic heterocycles. The lowest BCUT2D eigenvalue weighted by molar-refractivity contribution is 0.265. The number of hydrogen-bond donors (Lipinski definition) is 2. The minimum absolute atomic E-state index is 0.0221. The van der Waals surface area contributed by atoms with E-state index in [1.54, 1.807) is 0 Å². The van der Waals surface area contributed by atoms with Gasteiger partial charge in [-0.25, -0.2) is 4.98 Å². The smallest absolute Gasteiger partial charge is 0.261 e. The first-order valence-electron chi connectivity index (χ1n) is 2.42. The van der Waals surface area contributed by atoms with Crippen LogP contribution in [0.5, 0.6) is 0 Å². The Morgan fingerprint density at radius 2 is 2.70 bits per heavy atom. The second-order valence-electron chi connectivity index (χ2n) is 1.44. The highest BCUT2D eigenvalue weighted by molar-refractivity contribution is 7.32. The highest BCUT2D eigenvalue weighted by Crippen LogP contribution is 2.15. The van der Waals surface area contributed by atoms with Crippen LogP contribution in [0.3, 0.4) is 0 Å². The Balaban J connectivity index is 2.35. The van der Waals surface area contributed by atoms with Crippen molar-refractivity contribution in [2.24, 2.45) is 0 Å². The lowest BCUT2D eigenvalue weighted by Gasteiger charge is -1.81. The van der Waals surface area contributed by atoms with Crippen LogP contribution >= 0.6 is 8.25 Å². The zero-order valence-corrected chi connectivity index (χ0v) is 5.78. The van der Waals surface area contributed by atoms with Crippen LogP contribution in [0.4, 0.5) is 0 Å². The molecule has 0 amide bonds. The number of rotatable bonds is 3. The molecule has 0 spiro atoms. The van der Waals surface area contributed by atoms with E-state index in [4.69, 9.17) is 4.89 Å². The molecule has 0 aliphatic heterocycles. The van der Waals surface area contributed by atoms with Crippen molar-refractivity contribution in [3.8, 4) is 0 Å². The standard InChI is InChI=1S/C3H4N3O3P/c7-10(8)9-1-3-4-2-5-6-3/h2H,1H2,(H-,4,5,6,7,8)/p+1. The summed E-state index contributed by atoms with van der Waals surface area (Å²) < 4.78 is 14.3. The molecule has 0 fully saturated rings. The van der Waals surface area contributed by atoms with Gasteiger partial charge in [-0.1, -0.05) is 0 Å². The van der Waals surface area contributed by atoms with Crippen LogP contribution in [-0.2, 0) is 15.7 Å². The predicted molar refractivity (Wildman–Crippen MR) is 31.0 cm³/mol. The van der Waals surface area contributed by atoms with Crippen molar-refractivity contribution in [3.05, 3.63) is 12.2 Å². The van der Waals surface area contributed by atoms with Gasteiger partial charge in [0.15, 0.2) is 12.4 Å². The van der Waals surface area contributed by atoms with Gasteiger partial charge < -0.3 is 0 Å². The van der Waals surface area contributed by atoms with Crippen LogP contribution in [0, 0.1) is 0 Å². The Morgan fingerprint density at radius 1 is 1.90 bits per heavy atom. The average Bonchev–Trinajstić information content (AvgIpc) is 2.34. The number of nitrogens with one attached hydrogen (secondary N) is 1. The molecular formula is C3H5N3O3P+. The van der Waals surface area contributed by atoms with Crippen LogP contribution in [-0.4, -0.2) is 20.1 Å². The molecule has 54 valence electrons. The van der Waals surface area contributed by atoms with E-state index in [9.17, 15) is 4.57 Å². The van der Waals surface area contributed by atoms with Crippen molar-refractivity contribution in [1.82, 2.24) is 15.2 Å². The Bertz CT molecular complexity index is 211. The normalized spacial score (nSPS) is 11.5. The summed E-state index contributed by atoms with van der Waals surface area (Å²) in [5, 5.41) is 5.97. The third-order valence-corrected chi connectivity index (χ3v) is 1.13. The summed E-state index contributed by atoms with van der Waals surface area (Å²) in [6.45, 7) is -0.0221. The highest BCUT2D eigenvalue weighted by Gasteiger charge is 2.12. The summed E-state index contributed by atoms with van der Waals surface area (Å²) >= 11 is 0. The maximum atomic E-state index is 9.96. The molecule has 6 nitrogen and oxygen atoms in total. The van der Waals surface area contributed by atoms with E-state index in [1.807, 2.05) is 0 Å². The van der Waals surface area contributed by atoms with Gasteiger partial charge >= 0.3 is 8.25 Å². The number of aromatic nitrogens is 3. The SMILES string of the molecule is O=[P+](O)OCc1ncn[nH]1. The van der Waals surface area contributed by atoms with Crippen molar-refractivity contribution >= 4 is 8.25 Å². The Morgan fingerprint density at radius 3 is 3.20 bits per heavy atom. The molecule has 2 N–H and O–H groups in total. The molecule has 1 rings (SSSR count). The quantitative estimate of drug-likeness (QED) is 0.609.